The number of hydrogen-bond acceptors (Lipinski definition) is 3. The molecule has 2 aromatic carbocycles. The molecular weight excluding hydrogens is 314 g/mol. The summed E-state index contributed by atoms with van der Waals surface area (Å²) in [5, 5.41) is 2.78. The quantitative estimate of drug-likeness (QED) is 0.778. The monoisotopic (exact) mass is 341 g/mol. The van der Waals surface area contributed by atoms with Crippen molar-refractivity contribution >= 4 is 5.91 Å². The van der Waals surface area contributed by atoms with Crippen molar-refractivity contribution in [3.8, 4) is 11.5 Å². The highest BCUT2D eigenvalue weighted by atomic mass is 16.5. The van der Waals surface area contributed by atoms with Crippen LogP contribution in [0.2, 0.25) is 0 Å². The molecule has 0 saturated heterocycles. The average molecular weight is 341 g/mol. The molecule has 0 atom stereocenters. The molecule has 0 aliphatic heterocycles. The van der Waals surface area contributed by atoms with Gasteiger partial charge in [0.15, 0.2) is 6.61 Å². The first kappa shape index (κ1) is 18.8. The molecule has 0 saturated carbocycles. The number of rotatable bonds is 7. The fourth-order valence-electron chi connectivity index (χ4n) is 2.24. The Labute approximate surface area is 150 Å². The first-order valence-electron chi connectivity index (χ1n) is 8.54. The van der Waals surface area contributed by atoms with Crippen molar-refractivity contribution in [1.29, 1.82) is 0 Å². The van der Waals surface area contributed by atoms with Crippen LogP contribution in [0.3, 0.4) is 0 Å². The standard InChI is InChI=1S/C21H27NO3/c1-16-5-9-19(10-6-16)25-15-20(23)22-13-14-24-18-11-7-17(8-12-18)21(2,3)4/h5-12H,13-15H2,1-4H3,(H,22,23). The third-order valence-corrected chi connectivity index (χ3v) is 3.80. The number of amides is 1. The maximum atomic E-state index is 11.8. The van der Waals surface area contributed by atoms with Gasteiger partial charge >= 0.3 is 0 Å². The van der Waals surface area contributed by atoms with Gasteiger partial charge in [0.05, 0.1) is 6.54 Å². The Morgan fingerprint density at radius 3 is 2.08 bits per heavy atom. The van der Waals surface area contributed by atoms with Gasteiger partial charge in [0.25, 0.3) is 5.91 Å². The predicted octanol–water partition coefficient (Wildman–Crippen LogP) is 3.87. The fourth-order valence-corrected chi connectivity index (χ4v) is 2.24. The normalized spacial score (nSPS) is 11.0. The van der Waals surface area contributed by atoms with Gasteiger partial charge in [0, 0.05) is 0 Å². The smallest absolute Gasteiger partial charge is 0.258 e. The van der Waals surface area contributed by atoms with Crippen LogP contribution in [-0.2, 0) is 10.2 Å². The highest BCUT2D eigenvalue weighted by Crippen LogP contribution is 2.24. The molecule has 1 amide bonds. The second kappa shape index (κ2) is 8.56. The van der Waals surface area contributed by atoms with Crippen molar-refractivity contribution in [2.24, 2.45) is 0 Å². The highest BCUT2D eigenvalue weighted by Gasteiger charge is 2.12. The maximum Gasteiger partial charge on any atom is 0.258 e. The third-order valence-electron chi connectivity index (χ3n) is 3.80. The molecule has 2 aromatic rings. The van der Waals surface area contributed by atoms with Gasteiger partial charge in [-0.3, -0.25) is 4.79 Å². The second-order valence-corrected chi connectivity index (χ2v) is 7.07. The Hall–Kier alpha value is -2.49. The molecule has 0 aromatic heterocycles. The zero-order valence-electron chi connectivity index (χ0n) is 15.5. The lowest BCUT2D eigenvalue weighted by atomic mass is 9.87. The molecule has 0 aliphatic carbocycles. The van der Waals surface area contributed by atoms with Crippen molar-refractivity contribution in [3.63, 3.8) is 0 Å². The summed E-state index contributed by atoms with van der Waals surface area (Å²) in [4.78, 5) is 11.8. The van der Waals surface area contributed by atoms with Gasteiger partial charge in [-0.25, -0.2) is 0 Å². The van der Waals surface area contributed by atoms with E-state index >= 15 is 0 Å². The minimum Gasteiger partial charge on any atom is -0.492 e. The number of aryl methyl sites for hydroxylation is 1. The van der Waals surface area contributed by atoms with Crippen LogP contribution < -0.4 is 14.8 Å². The lowest BCUT2D eigenvalue weighted by Gasteiger charge is -2.19. The summed E-state index contributed by atoms with van der Waals surface area (Å²) in [6.45, 7) is 9.41. The summed E-state index contributed by atoms with van der Waals surface area (Å²) >= 11 is 0. The fraction of sp³-hybridized carbons (Fsp3) is 0.381. The van der Waals surface area contributed by atoms with E-state index in [9.17, 15) is 4.79 Å². The molecule has 0 bridgehead atoms. The van der Waals surface area contributed by atoms with Crippen LogP contribution in [0.15, 0.2) is 48.5 Å². The molecule has 25 heavy (non-hydrogen) atoms. The predicted molar refractivity (Wildman–Crippen MR) is 100 cm³/mol. The van der Waals surface area contributed by atoms with E-state index in [0.29, 0.717) is 18.9 Å². The summed E-state index contributed by atoms with van der Waals surface area (Å²) < 4.78 is 11.1. The SMILES string of the molecule is Cc1ccc(OCC(=O)NCCOc2ccc(C(C)(C)C)cc2)cc1. The summed E-state index contributed by atoms with van der Waals surface area (Å²) in [5.41, 5.74) is 2.55. The van der Waals surface area contributed by atoms with E-state index in [4.69, 9.17) is 9.47 Å². The maximum absolute atomic E-state index is 11.8. The van der Waals surface area contributed by atoms with Gasteiger partial charge in [-0.05, 0) is 42.2 Å². The molecule has 0 spiro atoms. The first-order chi connectivity index (χ1) is 11.8. The van der Waals surface area contributed by atoms with Crippen molar-refractivity contribution in [1.82, 2.24) is 5.32 Å². The highest BCUT2D eigenvalue weighted by molar-refractivity contribution is 5.77. The van der Waals surface area contributed by atoms with Gasteiger partial charge in [0.2, 0.25) is 0 Å². The lowest BCUT2D eigenvalue weighted by Crippen LogP contribution is -2.32. The number of hydrogen-bond donors (Lipinski definition) is 1. The van der Waals surface area contributed by atoms with Crippen LogP contribution in [0, 0.1) is 6.92 Å². The second-order valence-electron chi connectivity index (χ2n) is 7.07. The van der Waals surface area contributed by atoms with Gasteiger partial charge in [-0.2, -0.15) is 0 Å². The number of nitrogens with one attached hydrogen (secondary N) is 1. The Balaban J connectivity index is 1.65. The third kappa shape index (κ3) is 6.49. The number of benzene rings is 2. The Morgan fingerprint density at radius 2 is 1.48 bits per heavy atom. The van der Waals surface area contributed by atoms with Crippen LogP contribution in [-0.4, -0.2) is 25.7 Å². The average Bonchev–Trinajstić information content (AvgIpc) is 2.58. The van der Waals surface area contributed by atoms with Gasteiger partial charge < -0.3 is 14.8 Å². The molecule has 4 nitrogen and oxygen atoms in total. The molecule has 0 heterocycles. The number of carbonyl (C=O) groups is 1. The molecule has 0 fully saturated rings. The lowest BCUT2D eigenvalue weighted by molar-refractivity contribution is -0.123. The first-order valence-corrected chi connectivity index (χ1v) is 8.54. The topological polar surface area (TPSA) is 47.6 Å². The summed E-state index contributed by atoms with van der Waals surface area (Å²) in [6.07, 6.45) is 0. The van der Waals surface area contributed by atoms with Crippen LogP contribution in [0.1, 0.15) is 31.9 Å². The van der Waals surface area contributed by atoms with Gasteiger partial charge in [-0.15, -0.1) is 0 Å². The van der Waals surface area contributed by atoms with E-state index in [1.54, 1.807) is 0 Å². The van der Waals surface area contributed by atoms with E-state index in [0.717, 1.165) is 11.3 Å². The van der Waals surface area contributed by atoms with E-state index in [2.05, 4.69) is 38.2 Å². The van der Waals surface area contributed by atoms with E-state index in [-0.39, 0.29) is 17.9 Å². The van der Waals surface area contributed by atoms with Crippen molar-refractivity contribution in [2.75, 3.05) is 19.8 Å². The molecule has 2 rings (SSSR count). The number of ether oxygens (including phenoxy) is 2. The van der Waals surface area contributed by atoms with Crippen molar-refractivity contribution in [2.45, 2.75) is 33.1 Å². The van der Waals surface area contributed by atoms with Crippen LogP contribution in [0.4, 0.5) is 0 Å². The largest absolute Gasteiger partial charge is 0.492 e. The molecule has 134 valence electrons. The molecular formula is C21H27NO3. The van der Waals surface area contributed by atoms with Crippen molar-refractivity contribution < 1.29 is 14.3 Å². The summed E-state index contributed by atoms with van der Waals surface area (Å²) in [5.74, 6) is 1.33. The van der Waals surface area contributed by atoms with Crippen LogP contribution in [0.5, 0.6) is 11.5 Å². The molecule has 4 heteroatoms. The summed E-state index contributed by atoms with van der Waals surface area (Å²) in [6, 6.07) is 15.7. The molecule has 0 unspecified atom stereocenters. The van der Waals surface area contributed by atoms with Crippen LogP contribution in [0.25, 0.3) is 0 Å². The minimum atomic E-state index is -0.160. The van der Waals surface area contributed by atoms with E-state index < -0.39 is 0 Å². The van der Waals surface area contributed by atoms with Gasteiger partial charge in [-0.1, -0.05) is 50.6 Å². The van der Waals surface area contributed by atoms with Crippen LogP contribution >= 0.6 is 0 Å². The summed E-state index contributed by atoms with van der Waals surface area (Å²) in [7, 11) is 0. The molecule has 0 aliphatic rings. The minimum absolute atomic E-state index is 0.00331. The Bertz CT molecular complexity index is 670. The van der Waals surface area contributed by atoms with E-state index in [1.807, 2.05) is 43.3 Å². The van der Waals surface area contributed by atoms with E-state index in [1.165, 1.54) is 5.56 Å². The Morgan fingerprint density at radius 1 is 0.920 bits per heavy atom. The number of carbonyl (C=O) groups excluding carboxylic acids is 1. The van der Waals surface area contributed by atoms with Gasteiger partial charge in [0.1, 0.15) is 18.1 Å². The zero-order valence-corrected chi connectivity index (χ0v) is 15.5. The molecule has 0 radical (unpaired) electrons. The van der Waals surface area contributed by atoms with Crippen molar-refractivity contribution in [3.05, 3.63) is 59.7 Å². The Kier molecular flexibility index (Phi) is 6.45. The zero-order chi connectivity index (χ0) is 18.3. The molecule has 1 N–H and O–H groups in total.